The molecule has 0 bridgehead atoms. The van der Waals surface area contributed by atoms with Crippen molar-refractivity contribution in [3.05, 3.63) is 63.1 Å². The Morgan fingerprint density at radius 3 is 2.76 bits per heavy atom. The molecule has 2 N–H and O–H groups in total. The van der Waals surface area contributed by atoms with E-state index in [1.54, 1.807) is 12.1 Å². The van der Waals surface area contributed by atoms with E-state index in [9.17, 15) is 4.79 Å². The zero-order valence-electron chi connectivity index (χ0n) is 11.2. The predicted octanol–water partition coefficient (Wildman–Crippen LogP) is 3.76. The molecule has 1 amide bonds. The fourth-order valence-electron chi connectivity index (χ4n) is 2.45. The van der Waals surface area contributed by atoms with Crippen LogP contribution in [0.3, 0.4) is 0 Å². The minimum absolute atomic E-state index is 0.0614. The van der Waals surface area contributed by atoms with Gasteiger partial charge in [-0.25, -0.2) is 0 Å². The van der Waals surface area contributed by atoms with E-state index in [2.05, 4.69) is 38.7 Å². The Kier molecular flexibility index (Phi) is 4.29. The van der Waals surface area contributed by atoms with Crippen molar-refractivity contribution in [1.82, 2.24) is 5.32 Å². The van der Waals surface area contributed by atoms with Crippen LogP contribution in [0.15, 0.2) is 46.9 Å². The number of amides is 1. The van der Waals surface area contributed by atoms with Crippen LogP contribution >= 0.6 is 27.5 Å². The highest BCUT2D eigenvalue weighted by atomic mass is 79.9. The second kappa shape index (κ2) is 6.18. The molecule has 0 fully saturated rings. The van der Waals surface area contributed by atoms with Crippen LogP contribution in [0.1, 0.15) is 11.1 Å². The van der Waals surface area contributed by atoms with Crippen molar-refractivity contribution in [1.29, 1.82) is 0 Å². The summed E-state index contributed by atoms with van der Waals surface area (Å²) in [6, 6.07) is 13.4. The van der Waals surface area contributed by atoms with E-state index in [0.29, 0.717) is 23.7 Å². The third-order valence-electron chi connectivity index (χ3n) is 3.59. The summed E-state index contributed by atoms with van der Waals surface area (Å²) in [5.74, 6) is -0.0614. The molecular weight excluding hydrogens is 352 g/mol. The lowest BCUT2D eigenvalue weighted by Crippen LogP contribution is -2.44. The van der Waals surface area contributed by atoms with E-state index >= 15 is 0 Å². The predicted molar refractivity (Wildman–Crippen MR) is 88.6 cm³/mol. The molecule has 0 aliphatic carbocycles. The van der Waals surface area contributed by atoms with Crippen LogP contribution in [0, 0.1) is 0 Å². The minimum atomic E-state index is -0.236. The minimum Gasteiger partial charge on any atom is -0.323 e. The van der Waals surface area contributed by atoms with Gasteiger partial charge in [0.15, 0.2) is 0 Å². The Labute approximate surface area is 136 Å². The maximum atomic E-state index is 12.4. The molecule has 0 aromatic heterocycles. The number of rotatable bonds is 2. The Bertz CT molecular complexity index is 690. The highest BCUT2D eigenvalue weighted by Gasteiger charge is 2.24. The van der Waals surface area contributed by atoms with Gasteiger partial charge in [-0.05, 0) is 35.7 Å². The van der Waals surface area contributed by atoms with Gasteiger partial charge in [0, 0.05) is 11.0 Å². The lowest BCUT2D eigenvalue weighted by atomic mass is 9.95. The highest BCUT2D eigenvalue weighted by molar-refractivity contribution is 9.10. The first-order chi connectivity index (χ1) is 10.1. The SMILES string of the molecule is O=C(Nc1ccc(Br)cc1Cl)[C@@H]1Cc2ccccc2CN1. The van der Waals surface area contributed by atoms with E-state index in [1.807, 2.05) is 18.2 Å². The summed E-state index contributed by atoms with van der Waals surface area (Å²) in [5, 5.41) is 6.67. The van der Waals surface area contributed by atoms with E-state index in [1.165, 1.54) is 11.1 Å². The van der Waals surface area contributed by atoms with Gasteiger partial charge in [0.2, 0.25) is 5.91 Å². The number of benzene rings is 2. The third kappa shape index (κ3) is 3.28. The van der Waals surface area contributed by atoms with E-state index in [0.717, 1.165) is 4.47 Å². The van der Waals surface area contributed by atoms with Crippen LogP contribution in [0.5, 0.6) is 0 Å². The van der Waals surface area contributed by atoms with Gasteiger partial charge in [-0.15, -0.1) is 0 Å². The van der Waals surface area contributed by atoms with Crippen molar-refractivity contribution in [2.24, 2.45) is 0 Å². The lowest BCUT2D eigenvalue weighted by molar-refractivity contribution is -0.118. The largest absolute Gasteiger partial charge is 0.323 e. The van der Waals surface area contributed by atoms with E-state index in [-0.39, 0.29) is 11.9 Å². The number of nitrogens with one attached hydrogen (secondary N) is 2. The number of carbonyl (C=O) groups is 1. The molecule has 1 aliphatic rings. The van der Waals surface area contributed by atoms with Crippen molar-refractivity contribution in [2.45, 2.75) is 19.0 Å². The van der Waals surface area contributed by atoms with Gasteiger partial charge < -0.3 is 10.6 Å². The van der Waals surface area contributed by atoms with Gasteiger partial charge in [0.1, 0.15) is 0 Å². The zero-order valence-corrected chi connectivity index (χ0v) is 13.5. The maximum absolute atomic E-state index is 12.4. The highest BCUT2D eigenvalue weighted by Crippen LogP contribution is 2.26. The number of halogens is 2. The van der Waals surface area contributed by atoms with Gasteiger partial charge in [-0.2, -0.15) is 0 Å². The van der Waals surface area contributed by atoms with Gasteiger partial charge in [-0.3, -0.25) is 4.79 Å². The van der Waals surface area contributed by atoms with Crippen molar-refractivity contribution in [3.8, 4) is 0 Å². The first-order valence-corrected chi connectivity index (χ1v) is 7.86. The Hall–Kier alpha value is -1.36. The van der Waals surface area contributed by atoms with Crippen LogP contribution in [0.25, 0.3) is 0 Å². The monoisotopic (exact) mass is 364 g/mol. The molecule has 0 unspecified atom stereocenters. The molecule has 1 aliphatic heterocycles. The van der Waals surface area contributed by atoms with Crippen LogP contribution in [-0.4, -0.2) is 11.9 Å². The fourth-order valence-corrected chi connectivity index (χ4v) is 3.17. The Morgan fingerprint density at radius 2 is 2.00 bits per heavy atom. The molecule has 2 aromatic rings. The molecule has 0 radical (unpaired) electrons. The molecule has 5 heteroatoms. The van der Waals surface area contributed by atoms with Crippen molar-refractivity contribution in [3.63, 3.8) is 0 Å². The van der Waals surface area contributed by atoms with Gasteiger partial charge in [-0.1, -0.05) is 51.8 Å². The second-order valence-corrected chi connectivity index (χ2v) is 6.34. The average molecular weight is 366 g/mol. The van der Waals surface area contributed by atoms with E-state index < -0.39 is 0 Å². The zero-order chi connectivity index (χ0) is 14.8. The molecule has 108 valence electrons. The maximum Gasteiger partial charge on any atom is 0.241 e. The number of anilines is 1. The van der Waals surface area contributed by atoms with Crippen molar-refractivity contribution >= 4 is 39.1 Å². The van der Waals surface area contributed by atoms with Gasteiger partial charge in [0.05, 0.1) is 16.8 Å². The number of hydrogen-bond acceptors (Lipinski definition) is 2. The topological polar surface area (TPSA) is 41.1 Å². The smallest absolute Gasteiger partial charge is 0.241 e. The molecule has 3 rings (SSSR count). The average Bonchev–Trinajstić information content (AvgIpc) is 2.49. The van der Waals surface area contributed by atoms with Gasteiger partial charge in [0.25, 0.3) is 0 Å². The summed E-state index contributed by atoms with van der Waals surface area (Å²) in [5.41, 5.74) is 3.10. The quantitative estimate of drug-likeness (QED) is 0.851. The number of hydrogen-bond donors (Lipinski definition) is 2. The van der Waals surface area contributed by atoms with Crippen LogP contribution in [-0.2, 0) is 17.8 Å². The first-order valence-electron chi connectivity index (χ1n) is 6.69. The normalized spacial score (nSPS) is 17.1. The molecule has 21 heavy (non-hydrogen) atoms. The van der Waals surface area contributed by atoms with E-state index in [4.69, 9.17) is 11.6 Å². The van der Waals surface area contributed by atoms with Crippen molar-refractivity contribution in [2.75, 3.05) is 5.32 Å². The van der Waals surface area contributed by atoms with Crippen LogP contribution in [0.2, 0.25) is 5.02 Å². The molecule has 1 atom stereocenters. The first kappa shape index (κ1) is 14.6. The summed E-state index contributed by atoms with van der Waals surface area (Å²) in [6.45, 7) is 0.711. The summed E-state index contributed by atoms with van der Waals surface area (Å²) in [7, 11) is 0. The van der Waals surface area contributed by atoms with Crippen molar-refractivity contribution < 1.29 is 4.79 Å². The summed E-state index contributed by atoms with van der Waals surface area (Å²) in [6.07, 6.45) is 0.691. The fraction of sp³-hybridized carbons (Fsp3) is 0.188. The lowest BCUT2D eigenvalue weighted by Gasteiger charge is -2.25. The summed E-state index contributed by atoms with van der Waals surface area (Å²) in [4.78, 5) is 12.4. The summed E-state index contributed by atoms with van der Waals surface area (Å²) < 4.78 is 0.884. The van der Waals surface area contributed by atoms with Crippen LogP contribution < -0.4 is 10.6 Å². The molecule has 1 heterocycles. The number of carbonyl (C=O) groups excluding carboxylic acids is 1. The Morgan fingerprint density at radius 1 is 1.24 bits per heavy atom. The summed E-state index contributed by atoms with van der Waals surface area (Å²) >= 11 is 9.48. The molecule has 0 saturated carbocycles. The second-order valence-electron chi connectivity index (χ2n) is 5.02. The van der Waals surface area contributed by atoms with Crippen LogP contribution in [0.4, 0.5) is 5.69 Å². The third-order valence-corrected chi connectivity index (χ3v) is 4.39. The Balaban J connectivity index is 1.72. The molecule has 0 spiro atoms. The standard InChI is InChI=1S/C16H14BrClN2O/c17-12-5-6-14(13(18)8-12)20-16(21)15-7-10-3-1-2-4-11(10)9-19-15/h1-6,8,15,19H,7,9H2,(H,20,21)/t15-/m0/s1. The van der Waals surface area contributed by atoms with Gasteiger partial charge >= 0.3 is 0 Å². The number of fused-ring (bicyclic) bond motifs is 1. The molecule has 0 saturated heterocycles. The molecular formula is C16H14BrClN2O. The molecule has 3 nitrogen and oxygen atoms in total. The molecule has 2 aromatic carbocycles.